The summed E-state index contributed by atoms with van der Waals surface area (Å²) in [6.45, 7) is 0.156. The molecule has 0 rings (SSSR count). The zero-order valence-electron chi connectivity index (χ0n) is 16.2. The van der Waals surface area contributed by atoms with Crippen LogP contribution in [0.2, 0.25) is 0 Å². The van der Waals surface area contributed by atoms with Crippen LogP contribution in [0.15, 0.2) is 0 Å². The number of hydrogen-bond acceptors (Lipinski definition) is 13. The van der Waals surface area contributed by atoms with Gasteiger partial charge in [0, 0.05) is 0 Å². The topological polar surface area (TPSA) is 331 Å². The van der Waals surface area contributed by atoms with Gasteiger partial charge in [-0.25, -0.2) is 28.8 Å². The third kappa shape index (κ3) is 13.5. The Morgan fingerprint density at radius 1 is 0.500 bits per heavy atom. The maximum atomic E-state index is 11.3. The molecule has 0 aromatic heterocycles. The number of amides is 6. The van der Waals surface area contributed by atoms with Crippen molar-refractivity contribution in [2.24, 2.45) is 34.4 Å². The van der Waals surface area contributed by atoms with E-state index in [2.05, 4.69) is 18.9 Å². The zero-order valence-corrected chi connectivity index (χ0v) is 16.2. The van der Waals surface area contributed by atoms with Gasteiger partial charge < -0.3 is 67.6 Å². The molecule has 0 aliphatic carbocycles. The first-order valence-electron chi connectivity index (χ1n) is 7.81. The molecular weight excluding hydrogens is 448 g/mol. The molecule has 0 radical (unpaired) electrons. The molecule has 4 atom stereocenters. The maximum Gasteiger partial charge on any atom is 0.405 e. The Labute approximate surface area is 178 Å². The van der Waals surface area contributed by atoms with E-state index in [1.807, 2.05) is 6.79 Å². The summed E-state index contributed by atoms with van der Waals surface area (Å²) in [6.07, 6.45) is -16.5. The number of carbonyl (C=O) groups is 7. The first-order valence-corrected chi connectivity index (χ1v) is 7.81. The molecule has 6 amide bonds. The van der Waals surface area contributed by atoms with E-state index in [0.717, 1.165) is 0 Å². The lowest BCUT2D eigenvalue weighted by molar-refractivity contribution is -0.126. The monoisotopic (exact) mass is 470 g/mol. The van der Waals surface area contributed by atoms with Crippen LogP contribution in [0.4, 0.5) is 28.8 Å². The Bertz CT molecular complexity index is 633. The minimum atomic E-state index is -2.01. The lowest BCUT2D eigenvalue weighted by atomic mass is 10.0. The average Bonchev–Trinajstić information content (AvgIpc) is 2.65. The third-order valence-electron chi connectivity index (χ3n) is 2.88. The number of nitrogens with two attached hydrogens (primary N) is 6. The minimum Gasteiger partial charge on any atom is -0.446 e. The number of rotatable bonds is 11. The molecule has 0 aliphatic heterocycles. The first kappa shape index (κ1) is 29.5. The van der Waals surface area contributed by atoms with Crippen LogP contribution in [0.25, 0.3) is 0 Å². The van der Waals surface area contributed by atoms with Gasteiger partial charge in [0.25, 0.3) is 0 Å². The molecule has 19 nitrogen and oxygen atoms in total. The molecule has 0 spiro atoms. The van der Waals surface area contributed by atoms with Gasteiger partial charge in [0.2, 0.25) is 0 Å². The summed E-state index contributed by atoms with van der Waals surface area (Å²) in [5.41, 5.74) is 29.3. The van der Waals surface area contributed by atoms with E-state index in [0.29, 0.717) is 0 Å². The van der Waals surface area contributed by atoms with Gasteiger partial charge in [0.05, 0.1) is 0 Å². The van der Waals surface area contributed by atoms with Gasteiger partial charge in [0.15, 0.2) is 24.4 Å². The Morgan fingerprint density at radius 2 is 0.750 bits per heavy atom. The van der Waals surface area contributed by atoms with Crippen LogP contribution in [-0.2, 0) is 33.2 Å². The van der Waals surface area contributed by atoms with Crippen LogP contribution in [-0.4, -0.2) is 81.0 Å². The van der Waals surface area contributed by atoms with Crippen molar-refractivity contribution < 1.29 is 62.0 Å². The predicted octanol–water partition coefficient (Wildman–Crippen LogP) is -3.15. The van der Waals surface area contributed by atoms with Crippen LogP contribution in [0, 0.1) is 0 Å². The highest BCUT2D eigenvalue weighted by Crippen LogP contribution is 2.20. The largest absolute Gasteiger partial charge is 0.446 e. The fourth-order valence-corrected chi connectivity index (χ4v) is 2.00. The van der Waals surface area contributed by atoms with E-state index in [4.69, 9.17) is 48.7 Å². The second kappa shape index (κ2) is 15.2. The second-order valence-corrected chi connectivity index (χ2v) is 5.01. The molecule has 0 aromatic carbocycles. The summed E-state index contributed by atoms with van der Waals surface area (Å²) >= 11 is 0. The molecule has 0 aliphatic rings. The quantitative estimate of drug-likeness (QED) is 0.163. The van der Waals surface area contributed by atoms with Gasteiger partial charge in [0.1, 0.15) is 20.0 Å². The Kier molecular flexibility index (Phi) is 14.0. The van der Waals surface area contributed by atoms with Crippen LogP contribution < -0.4 is 34.4 Å². The predicted molar refractivity (Wildman–Crippen MR) is 96.0 cm³/mol. The summed E-state index contributed by atoms with van der Waals surface area (Å²) in [5, 5.41) is 0. The van der Waals surface area contributed by atoms with E-state index in [1.165, 1.54) is 0 Å². The molecule has 0 aromatic rings. The van der Waals surface area contributed by atoms with Crippen molar-refractivity contribution in [2.75, 3.05) is 13.2 Å². The van der Waals surface area contributed by atoms with Gasteiger partial charge in [-0.05, 0) is 0 Å². The number of primary amides is 6. The van der Waals surface area contributed by atoms with Gasteiger partial charge in [-0.3, -0.25) is 0 Å². The Balaban J connectivity index is 0. The average molecular weight is 470 g/mol. The highest BCUT2D eigenvalue weighted by molar-refractivity contribution is 5.68. The fraction of sp³-hybridized carbons (Fsp3) is 0.462. The molecule has 0 saturated carbocycles. The van der Waals surface area contributed by atoms with Gasteiger partial charge in [-0.1, -0.05) is 0 Å². The molecule has 0 heterocycles. The van der Waals surface area contributed by atoms with Gasteiger partial charge >= 0.3 is 36.6 Å². The molecular formula is C13H22N6O13. The van der Waals surface area contributed by atoms with E-state index in [9.17, 15) is 28.8 Å². The minimum absolute atomic E-state index is 0.922. The van der Waals surface area contributed by atoms with Crippen LogP contribution >= 0.6 is 0 Å². The normalized spacial score (nSPS) is 13.2. The van der Waals surface area contributed by atoms with E-state index in [-0.39, 0.29) is 0 Å². The highest BCUT2D eigenvalue weighted by Gasteiger charge is 2.45. The standard InChI is InChI=1S/C12H20N6O12.CH2O/c13-7(19)25-1-3(27-9(15)21)5(29-11(17)23)6(30-12(18)24)4(28-10(16)22)2-26-8(14)20;1-2/h3-6H,1-2H2,(H2,13,19)(H2,14,20)(H2,15,21)(H2,16,22)(H2,17,23)(H2,18,24);1H2/t3-,4+,5-,6-;/m1./s1. The van der Waals surface area contributed by atoms with Crippen molar-refractivity contribution in [2.45, 2.75) is 24.4 Å². The van der Waals surface area contributed by atoms with Crippen molar-refractivity contribution in [3.63, 3.8) is 0 Å². The summed E-state index contributed by atoms with van der Waals surface area (Å²) in [7, 11) is 0. The van der Waals surface area contributed by atoms with Crippen LogP contribution in [0.3, 0.4) is 0 Å². The molecule has 0 unspecified atom stereocenters. The van der Waals surface area contributed by atoms with E-state index >= 15 is 0 Å². The SMILES string of the molecule is C=O.NC(=O)OC[C@H](OC(N)=O)[C@@H](OC(N)=O)[C@H](OC(N)=O)[C@@H](COC(N)=O)OC(N)=O. The first-order chi connectivity index (χ1) is 14.8. The van der Waals surface area contributed by atoms with E-state index < -0.39 is 74.2 Å². The van der Waals surface area contributed by atoms with Crippen molar-refractivity contribution in [1.29, 1.82) is 0 Å². The maximum absolute atomic E-state index is 11.3. The third-order valence-corrected chi connectivity index (χ3v) is 2.88. The summed E-state index contributed by atoms with van der Waals surface area (Å²) < 4.78 is 27.6. The van der Waals surface area contributed by atoms with Crippen molar-refractivity contribution in [1.82, 2.24) is 0 Å². The highest BCUT2D eigenvalue weighted by atomic mass is 16.7. The van der Waals surface area contributed by atoms with Crippen molar-refractivity contribution in [3.8, 4) is 0 Å². The van der Waals surface area contributed by atoms with Crippen molar-refractivity contribution >= 4 is 43.3 Å². The Hall–Kier alpha value is -4.71. The van der Waals surface area contributed by atoms with Crippen LogP contribution in [0.1, 0.15) is 0 Å². The molecule has 0 bridgehead atoms. The molecule has 182 valence electrons. The summed E-state index contributed by atoms with van der Waals surface area (Å²) in [6, 6.07) is 0. The number of ether oxygens (including phenoxy) is 6. The van der Waals surface area contributed by atoms with Gasteiger partial charge in [-0.2, -0.15) is 0 Å². The lowest BCUT2D eigenvalue weighted by Crippen LogP contribution is -2.56. The number of hydrogen-bond donors (Lipinski definition) is 6. The molecule has 12 N–H and O–H groups in total. The van der Waals surface area contributed by atoms with Gasteiger partial charge in [-0.15, -0.1) is 0 Å². The second-order valence-electron chi connectivity index (χ2n) is 5.01. The summed E-state index contributed by atoms with van der Waals surface area (Å²) in [4.78, 5) is 74.8. The molecule has 32 heavy (non-hydrogen) atoms. The lowest BCUT2D eigenvalue weighted by Gasteiger charge is -2.34. The summed E-state index contributed by atoms with van der Waals surface area (Å²) in [5.74, 6) is 0. The number of carbonyl (C=O) groups excluding carboxylic acids is 7. The Morgan fingerprint density at radius 3 is 0.938 bits per heavy atom. The smallest absolute Gasteiger partial charge is 0.405 e. The molecule has 0 fully saturated rings. The van der Waals surface area contributed by atoms with E-state index in [1.54, 1.807) is 0 Å². The van der Waals surface area contributed by atoms with Crippen molar-refractivity contribution in [3.05, 3.63) is 0 Å². The molecule has 19 heteroatoms. The zero-order chi connectivity index (χ0) is 25.4. The molecule has 0 saturated heterocycles. The fourth-order valence-electron chi connectivity index (χ4n) is 2.00. The van der Waals surface area contributed by atoms with Crippen LogP contribution in [0.5, 0.6) is 0 Å².